The lowest BCUT2D eigenvalue weighted by Crippen LogP contribution is -2.50. The van der Waals surface area contributed by atoms with Gasteiger partial charge in [-0.2, -0.15) is 5.10 Å². The number of likely N-dealkylation sites (tertiary alicyclic amines) is 1. The fourth-order valence-electron chi connectivity index (χ4n) is 6.57. The summed E-state index contributed by atoms with van der Waals surface area (Å²) in [6.07, 6.45) is 3.07. The number of anilines is 1. The lowest BCUT2D eigenvalue weighted by atomic mass is 9.95. The fraction of sp³-hybridized carbons (Fsp3) is 0.452. The monoisotopic (exact) mass is 639 g/mol. The molecule has 1 atom stereocenters. The SMILES string of the molecule is CC(=O)N1CCc2c(c(-c3ccc(Br)cc3)nn2CC(O)CN2CCC(N3C(=O)CCc4cccc(Cl)c43)CC2)C1. The lowest BCUT2D eigenvalue weighted by molar-refractivity contribution is -0.129. The van der Waals surface area contributed by atoms with E-state index in [1.54, 1.807) is 6.92 Å². The van der Waals surface area contributed by atoms with Gasteiger partial charge in [0.05, 0.1) is 29.1 Å². The molecule has 1 aromatic heterocycles. The van der Waals surface area contributed by atoms with Crippen molar-refractivity contribution in [2.45, 2.75) is 64.3 Å². The van der Waals surface area contributed by atoms with E-state index in [0.717, 1.165) is 70.6 Å². The Labute approximate surface area is 254 Å². The van der Waals surface area contributed by atoms with Crippen LogP contribution in [0.3, 0.4) is 0 Å². The standard InChI is InChI=1S/C31H35BrClN5O3/c1-20(39)36-16-13-28-26(19-36)30(21-5-8-23(32)9-6-21)34-37(28)18-25(40)17-35-14-11-24(12-15-35)38-29(41)10-7-22-3-2-4-27(33)31(22)38/h2-6,8-9,24-25,40H,7,10-19H2,1H3. The Morgan fingerprint density at radius 3 is 2.56 bits per heavy atom. The van der Waals surface area contributed by atoms with Crippen LogP contribution in [-0.2, 0) is 35.5 Å². The number of aliphatic hydroxyl groups excluding tert-OH is 1. The van der Waals surface area contributed by atoms with Crippen LogP contribution in [0.4, 0.5) is 5.69 Å². The van der Waals surface area contributed by atoms with Gasteiger partial charge >= 0.3 is 0 Å². The number of aromatic nitrogens is 2. The maximum atomic E-state index is 12.9. The number of carbonyl (C=O) groups is 2. The smallest absolute Gasteiger partial charge is 0.227 e. The molecule has 0 spiro atoms. The van der Waals surface area contributed by atoms with Crippen LogP contribution >= 0.6 is 27.5 Å². The molecular weight excluding hydrogens is 606 g/mol. The van der Waals surface area contributed by atoms with Crippen molar-refractivity contribution in [1.29, 1.82) is 0 Å². The van der Waals surface area contributed by atoms with Gasteiger partial charge in [-0.05, 0) is 43.0 Å². The van der Waals surface area contributed by atoms with E-state index in [9.17, 15) is 14.7 Å². The normalized spacial score (nSPS) is 18.8. The Balaban J connectivity index is 1.13. The summed E-state index contributed by atoms with van der Waals surface area (Å²) in [5, 5.41) is 16.8. The molecule has 3 aliphatic rings. The second-order valence-electron chi connectivity index (χ2n) is 11.4. The number of benzene rings is 2. The van der Waals surface area contributed by atoms with Gasteiger partial charge in [0.1, 0.15) is 0 Å². The number of β-amino-alcohol motifs (C(OH)–C–C–N with tert-alkyl or cyclic N) is 1. The number of carbonyl (C=O) groups excluding carboxylic acids is 2. The topological polar surface area (TPSA) is 81.9 Å². The van der Waals surface area contributed by atoms with Gasteiger partial charge in [0.2, 0.25) is 11.8 Å². The van der Waals surface area contributed by atoms with Crippen molar-refractivity contribution in [3.63, 3.8) is 0 Å². The van der Waals surface area contributed by atoms with Gasteiger partial charge in [-0.15, -0.1) is 0 Å². The van der Waals surface area contributed by atoms with Gasteiger partial charge in [0.15, 0.2) is 0 Å². The Bertz CT molecular complexity index is 1450. The molecule has 6 rings (SSSR count). The highest BCUT2D eigenvalue weighted by atomic mass is 79.9. The van der Waals surface area contributed by atoms with Gasteiger partial charge in [-0.25, -0.2) is 0 Å². The molecule has 1 unspecified atom stereocenters. The van der Waals surface area contributed by atoms with Crippen LogP contribution in [0.25, 0.3) is 11.3 Å². The second kappa shape index (κ2) is 11.9. The van der Waals surface area contributed by atoms with Crippen molar-refractivity contribution in [3.05, 3.63) is 68.8 Å². The average Bonchev–Trinajstić information content (AvgIpc) is 3.31. The third-order valence-electron chi connectivity index (χ3n) is 8.66. The van der Waals surface area contributed by atoms with Gasteiger partial charge in [0.25, 0.3) is 0 Å². The molecule has 0 saturated carbocycles. The highest BCUT2D eigenvalue weighted by molar-refractivity contribution is 9.10. The molecule has 1 N–H and O–H groups in total. The number of piperidine rings is 1. The fourth-order valence-corrected chi connectivity index (χ4v) is 7.12. The summed E-state index contributed by atoms with van der Waals surface area (Å²) in [6.45, 7) is 5.34. The minimum absolute atomic E-state index is 0.0607. The summed E-state index contributed by atoms with van der Waals surface area (Å²) >= 11 is 10.1. The van der Waals surface area contributed by atoms with Crippen LogP contribution in [0.1, 0.15) is 43.0 Å². The third kappa shape index (κ3) is 5.82. The first-order chi connectivity index (χ1) is 19.8. The van der Waals surface area contributed by atoms with Crippen LogP contribution in [-0.4, -0.2) is 74.8 Å². The molecule has 8 nitrogen and oxygen atoms in total. The molecule has 1 saturated heterocycles. The number of nitrogens with zero attached hydrogens (tertiary/aromatic N) is 5. The zero-order chi connectivity index (χ0) is 28.7. The maximum absolute atomic E-state index is 12.9. The summed E-state index contributed by atoms with van der Waals surface area (Å²) < 4.78 is 2.95. The van der Waals surface area contributed by atoms with Gasteiger partial charge in [0, 0.05) is 79.8 Å². The quantitative estimate of drug-likeness (QED) is 0.424. The van der Waals surface area contributed by atoms with E-state index in [4.69, 9.17) is 16.7 Å². The van der Waals surface area contributed by atoms with Crippen molar-refractivity contribution in [1.82, 2.24) is 19.6 Å². The molecule has 1 fully saturated rings. The Morgan fingerprint density at radius 2 is 1.83 bits per heavy atom. The Morgan fingerprint density at radius 1 is 1.07 bits per heavy atom. The van der Waals surface area contributed by atoms with Crippen molar-refractivity contribution in [2.24, 2.45) is 0 Å². The molecule has 3 aromatic rings. The van der Waals surface area contributed by atoms with Crippen molar-refractivity contribution < 1.29 is 14.7 Å². The minimum atomic E-state index is -0.592. The zero-order valence-corrected chi connectivity index (χ0v) is 25.6. The molecule has 4 heterocycles. The highest BCUT2D eigenvalue weighted by Crippen LogP contribution is 2.38. The number of hydrogen-bond donors (Lipinski definition) is 1. The molecule has 216 valence electrons. The Hall–Kier alpha value is -2.72. The van der Waals surface area contributed by atoms with Gasteiger partial charge in [-0.3, -0.25) is 14.3 Å². The van der Waals surface area contributed by atoms with E-state index in [2.05, 4.69) is 26.9 Å². The van der Waals surface area contributed by atoms with Crippen LogP contribution in [0.15, 0.2) is 46.9 Å². The summed E-state index contributed by atoms with van der Waals surface area (Å²) in [6, 6.07) is 14.1. The highest BCUT2D eigenvalue weighted by Gasteiger charge is 2.35. The van der Waals surface area contributed by atoms with E-state index in [1.165, 1.54) is 0 Å². The van der Waals surface area contributed by atoms with E-state index in [-0.39, 0.29) is 17.9 Å². The molecule has 10 heteroatoms. The molecule has 41 heavy (non-hydrogen) atoms. The first-order valence-corrected chi connectivity index (χ1v) is 15.6. The van der Waals surface area contributed by atoms with Crippen LogP contribution < -0.4 is 4.90 Å². The zero-order valence-electron chi connectivity index (χ0n) is 23.2. The molecule has 0 aliphatic carbocycles. The first kappa shape index (κ1) is 28.4. The van der Waals surface area contributed by atoms with Crippen LogP contribution in [0, 0.1) is 0 Å². The van der Waals surface area contributed by atoms with Crippen LogP contribution in [0.2, 0.25) is 5.02 Å². The summed E-state index contributed by atoms with van der Waals surface area (Å²) in [4.78, 5) is 31.2. The predicted molar refractivity (Wildman–Crippen MR) is 163 cm³/mol. The number of fused-ring (bicyclic) bond motifs is 2. The molecule has 0 bridgehead atoms. The molecule has 2 amide bonds. The molecule has 0 radical (unpaired) electrons. The van der Waals surface area contributed by atoms with E-state index < -0.39 is 6.10 Å². The summed E-state index contributed by atoms with van der Waals surface area (Å²) in [7, 11) is 0. The number of para-hydroxylation sites is 1. The van der Waals surface area contributed by atoms with Crippen LogP contribution in [0.5, 0.6) is 0 Å². The third-order valence-corrected chi connectivity index (χ3v) is 9.49. The Kier molecular flexibility index (Phi) is 8.23. The molecule has 3 aliphatic heterocycles. The lowest BCUT2D eigenvalue weighted by Gasteiger charge is -2.41. The second-order valence-corrected chi connectivity index (χ2v) is 12.7. The van der Waals surface area contributed by atoms with Crippen molar-refractivity contribution in [3.8, 4) is 11.3 Å². The van der Waals surface area contributed by atoms with Gasteiger partial charge in [-0.1, -0.05) is 51.8 Å². The summed E-state index contributed by atoms with van der Waals surface area (Å²) in [5.74, 6) is 0.211. The van der Waals surface area contributed by atoms with Crippen molar-refractivity contribution >= 4 is 45.0 Å². The number of aliphatic hydroxyl groups is 1. The van der Waals surface area contributed by atoms with E-state index in [0.29, 0.717) is 44.0 Å². The average molecular weight is 641 g/mol. The number of halogens is 2. The maximum Gasteiger partial charge on any atom is 0.227 e. The van der Waals surface area contributed by atoms with E-state index >= 15 is 0 Å². The molecular formula is C31H35BrClN5O3. The van der Waals surface area contributed by atoms with E-state index in [1.807, 2.05) is 50.9 Å². The predicted octanol–water partition coefficient (Wildman–Crippen LogP) is 4.68. The van der Waals surface area contributed by atoms with Gasteiger partial charge < -0.3 is 19.8 Å². The number of hydrogen-bond acceptors (Lipinski definition) is 5. The minimum Gasteiger partial charge on any atom is -0.390 e. The summed E-state index contributed by atoms with van der Waals surface area (Å²) in [5.41, 5.74) is 6.06. The first-order valence-electron chi connectivity index (χ1n) is 14.4. The van der Waals surface area contributed by atoms with Crippen molar-refractivity contribution in [2.75, 3.05) is 31.1 Å². The number of rotatable bonds is 6. The largest absolute Gasteiger partial charge is 0.390 e. The molecule has 2 aromatic carbocycles. The number of amides is 2. The number of aryl methyl sites for hydroxylation is 1.